The largest absolute Gasteiger partial charge is 0.478 e. The number of rotatable bonds is 7. The molecule has 2 rings (SSSR count). The van der Waals surface area contributed by atoms with Crippen LogP contribution in [0.1, 0.15) is 15.9 Å². The number of benzene rings is 2. The van der Waals surface area contributed by atoms with E-state index in [4.69, 9.17) is 10.2 Å². The van der Waals surface area contributed by atoms with E-state index in [2.05, 4.69) is 10.5 Å². The molecular weight excluding hydrogens is 294 g/mol. The number of nitrogens with one attached hydrogen (secondary N) is 1. The molecule has 0 atom stereocenters. The monoisotopic (exact) mass is 313 g/mol. The number of carbonyl (C=O) groups is 1. The summed E-state index contributed by atoms with van der Waals surface area (Å²) in [6, 6.07) is 14.2. The van der Waals surface area contributed by atoms with Crippen LogP contribution in [0.2, 0.25) is 0 Å². The van der Waals surface area contributed by atoms with E-state index in [9.17, 15) is 4.79 Å². The van der Waals surface area contributed by atoms with Gasteiger partial charge in [-0.2, -0.15) is 5.10 Å². The van der Waals surface area contributed by atoms with E-state index in [0.29, 0.717) is 12.2 Å². The zero-order valence-electron chi connectivity index (χ0n) is 12.8. The minimum absolute atomic E-state index is 0.110. The number of nitrogens with zero attached hydrogens (tertiary/aromatic N) is 2. The van der Waals surface area contributed by atoms with Crippen molar-refractivity contribution in [1.82, 2.24) is 0 Å². The second-order valence-electron chi connectivity index (χ2n) is 4.99. The van der Waals surface area contributed by atoms with Gasteiger partial charge in [0.25, 0.3) is 0 Å². The molecule has 0 saturated heterocycles. The Bertz CT molecular complexity index is 684. The molecule has 0 aliphatic rings. The highest BCUT2D eigenvalue weighted by molar-refractivity contribution is 5.89. The second kappa shape index (κ2) is 7.95. The Kier molecular flexibility index (Phi) is 5.71. The van der Waals surface area contributed by atoms with Crippen LogP contribution in [0.5, 0.6) is 0 Å². The Morgan fingerprint density at radius 3 is 2.65 bits per heavy atom. The highest BCUT2D eigenvalue weighted by Gasteiger charge is 2.02. The van der Waals surface area contributed by atoms with Crippen molar-refractivity contribution in [3.8, 4) is 0 Å². The number of anilines is 2. The molecule has 23 heavy (non-hydrogen) atoms. The van der Waals surface area contributed by atoms with Crippen molar-refractivity contribution < 1.29 is 15.0 Å². The molecule has 6 nitrogen and oxygen atoms in total. The molecule has 0 spiro atoms. The lowest BCUT2D eigenvalue weighted by atomic mass is 10.2. The molecule has 2 aromatic carbocycles. The summed E-state index contributed by atoms with van der Waals surface area (Å²) in [5.74, 6) is -0.972. The highest BCUT2D eigenvalue weighted by Crippen LogP contribution is 2.13. The van der Waals surface area contributed by atoms with Gasteiger partial charge >= 0.3 is 5.97 Å². The quantitative estimate of drug-likeness (QED) is 0.539. The lowest BCUT2D eigenvalue weighted by molar-refractivity contribution is 0.0697. The molecule has 6 heteroatoms. The number of likely N-dealkylation sites (N-methyl/N-ethyl adjacent to an activating group) is 1. The smallest absolute Gasteiger partial charge is 0.335 e. The second-order valence-corrected chi connectivity index (χ2v) is 4.99. The Labute approximate surface area is 134 Å². The molecule has 0 fully saturated rings. The maximum atomic E-state index is 10.9. The fourth-order valence-electron chi connectivity index (χ4n) is 2.00. The third-order valence-electron chi connectivity index (χ3n) is 3.29. The zero-order valence-corrected chi connectivity index (χ0v) is 12.8. The first-order chi connectivity index (χ1) is 11.1. The van der Waals surface area contributed by atoms with Crippen LogP contribution in [0.15, 0.2) is 53.6 Å². The molecule has 0 bridgehead atoms. The minimum Gasteiger partial charge on any atom is -0.478 e. The number of aliphatic hydroxyl groups excluding tert-OH is 1. The van der Waals surface area contributed by atoms with Crippen molar-refractivity contribution in [3.63, 3.8) is 0 Å². The maximum absolute atomic E-state index is 10.9. The van der Waals surface area contributed by atoms with E-state index < -0.39 is 5.97 Å². The van der Waals surface area contributed by atoms with E-state index in [-0.39, 0.29) is 12.2 Å². The van der Waals surface area contributed by atoms with E-state index in [0.717, 1.165) is 11.3 Å². The molecule has 0 unspecified atom stereocenters. The van der Waals surface area contributed by atoms with Crippen LogP contribution in [0.25, 0.3) is 0 Å². The van der Waals surface area contributed by atoms with Gasteiger partial charge in [-0.15, -0.1) is 0 Å². The van der Waals surface area contributed by atoms with Crippen molar-refractivity contribution in [3.05, 3.63) is 59.7 Å². The fourth-order valence-corrected chi connectivity index (χ4v) is 2.00. The summed E-state index contributed by atoms with van der Waals surface area (Å²) in [5.41, 5.74) is 5.55. The summed E-state index contributed by atoms with van der Waals surface area (Å²) in [5, 5.41) is 22.0. The van der Waals surface area contributed by atoms with Gasteiger partial charge in [0.1, 0.15) is 0 Å². The van der Waals surface area contributed by atoms with Gasteiger partial charge in [-0.3, -0.25) is 5.43 Å². The molecule has 120 valence electrons. The fraction of sp³-hybridized carbons (Fsp3) is 0.176. The van der Waals surface area contributed by atoms with Crippen LogP contribution in [-0.4, -0.2) is 42.6 Å². The van der Waals surface area contributed by atoms with E-state index >= 15 is 0 Å². The number of carboxylic acid groups (broad SMARTS) is 1. The molecule has 0 aliphatic carbocycles. The van der Waals surface area contributed by atoms with Crippen molar-refractivity contribution >= 4 is 23.6 Å². The number of carboxylic acids is 1. The van der Waals surface area contributed by atoms with Crippen molar-refractivity contribution in [1.29, 1.82) is 0 Å². The third kappa shape index (κ3) is 4.82. The summed E-state index contributed by atoms with van der Waals surface area (Å²) in [6.45, 7) is 0.688. The predicted molar refractivity (Wildman–Crippen MR) is 91.4 cm³/mol. The first kappa shape index (κ1) is 16.5. The van der Waals surface area contributed by atoms with Gasteiger partial charge < -0.3 is 15.1 Å². The highest BCUT2D eigenvalue weighted by atomic mass is 16.4. The van der Waals surface area contributed by atoms with Crippen LogP contribution in [0, 0.1) is 0 Å². The lowest BCUT2D eigenvalue weighted by Crippen LogP contribution is -2.20. The summed E-state index contributed by atoms with van der Waals surface area (Å²) >= 11 is 0. The standard InChI is InChI=1S/C17H19N3O3/c1-20(9-10-21)16-7-5-13(6-8-16)12-18-19-15-4-2-3-14(11-15)17(22)23/h2-8,11-12,19,21H,9-10H2,1H3,(H,22,23)/b18-12-. The van der Waals surface area contributed by atoms with Crippen LogP contribution in [0.4, 0.5) is 11.4 Å². The average Bonchev–Trinajstić information content (AvgIpc) is 2.56. The Morgan fingerprint density at radius 2 is 2.00 bits per heavy atom. The first-order valence-electron chi connectivity index (χ1n) is 7.14. The predicted octanol–water partition coefficient (Wildman–Crippen LogP) is 2.26. The molecule has 0 radical (unpaired) electrons. The topological polar surface area (TPSA) is 85.2 Å². The van der Waals surface area contributed by atoms with Crippen LogP contribution >= 0.6 is 0 Å². The van der Waals surface area contributed by atoms with Crippen molar-refractivity contribution in [2.45, 2.75) is 0 Å². The zero-order chi connectivity index (χ0) is 16.7. The van der Waals surface area contributed by atoms with Gasteiger partial charge in [0, 0.05) is 19.3 Å². The molecular formula is C17H19N3O3. The van der Waals surface area contributed by atoms with Crippen LogP contribution < -0.4 is 10.3 Å². The SMILES string of the molecule is CN(CCO)c1ccc(/C=N\Nc2cccc(C(=O)O)c2)cc1. The Hall–Kier alpha value is -2.86. The number of aliphatic hydroxyl groups is 1. The van der Waals surface area contributed by atoms with E-state index in [1.54, 1.807) is 18.3 Å². The van der Waals surface area contributed by atoms with Gasteiger partial charge in [0.2, 0.25) is 0 Å². The van der Waals surface area contributed by atoms with Gasteiger partial charge in [0.05, 0.1) is 24.1 Å². The van der Waals surface area contributed by atoms with Crippen LogP contribution in [-0.2, 0) is 0 Å². The van der Waals surface area contributed by atoms with E-state index in [1.807, 2.05) is 36.2 Å². The van der Waals surface area contributed by atoms with Crippen molar-refractivity contribution in [2.75, 3.05) is 30.5 Å². The van der Waals surface area contributed by atoms with Crippen LogP contribution in [0.3, 0.4) is 0 Å². The molecule has 0 aromatic heterocycles. The number of hydrazone groups is 1. The van der Waals surface area contributed by atoms with E-state index in [1.165, 1.54) is 12.1 Å². The Balaban J connectivity index is 1.98. The third-order valence-corrected chi connectivity index (χ3v) is 3.29. The van der Waals surface area contributed by atoms with Gasteiger partial charge in [-0.05, 0) is 35.9 Å². The summed E-state index contributed by atoms with van der Waals surface area (Å²) in [6.07, 6.45) is 1.66. The van der Waals surface area contributed by atoms with Gasteiger partial charge in [0.15, 0.2) is 0 Å². The lowest BCUT2D eigenvalue weighted by Gasteiger charge is -2.17. The molecule has 0 heterocycles. The number of hydrogen-bond donors (Lipinski definition) is 3. The first-order valence-corrected chi connectivity index (χ1v) is 7.14. The normalized spacial score (nSPS) is 10.7. The maximum Gasteiger partial charge on any atom is 0.335 e. The van der Waals surface area contributed by atoms with Gasteiger partial charge in [-0.1, -0.05) is 18.2 Å². The molecule has 2 aromatic rings. The Morgan fingerprint density at radius 1 is 1.26 bits per heavy atom. The van der Waals surface area contributed by atoms with Crippen molar-refractivity contribution in [2.24, 2.45) is 5.10 Å². The summed E-state index contributed by atoms with van der Waals surface area (Å²) < 4.78 is 0. The summed E-state index contributed by atoms with van der Waals surface area (Å²) in [4.78, 5) is 12.9. The van der Waals surface area contributed by atoms with Gasteiger partial charge in [-0.25, -0.2) is 4.79 Å². The molecule has 0 saturated carbocycles. The number of hydrogen-bond acceptors (Lipinski definition) is 5. The number of aromatic carboxylic acids is 1. The molecule has 3 N–H and O–H groups in total. The molecule has 0 amide bonds. The minimum atomic E-state index is -0.972. The molecule has 0 aliphatic heterocycles. The summed E-state index contributed by atoms with van der Waals surface area (Å²) in [7, 11) is 1.91. The average molecular weight is 313 g/mol.